The molecule has 0 aliphatic carbocycles. The lowest BCUT2D eigenvalue weighted by Gasteiger charge is -1.92. The average molecular weight is 369 g/mol. The zero-order valence-electron chi connectivity index (χ0n) is 15.8. The van der Waals surface area contributed by atoms with Crippen molar-refractivity contribution in [2.75, 3.05) is 0 Å². The topological polar surface area (TPSA) is 0 Å². The molecule has 1 aromatic heterocycles. The van der Waals surface area contributed by atoms with Crippen molar-refractivity contribution in [2.45, 2.75) is 13.8 Å². The minimum absolute atomic E-state index is 1.31. The first-order valence-corrected chi connectivity index (χ1v) is 9.94. The van der Waals surface area contributed by atoms with E-state index in [1.165, 1.54) is 31.3 Å². The minimum Gasteiger partial charge on any atom is -0.146 e. The molecule has 5 rings (SSSR count). The highest BCUT2D eigenvalue weighted by molar-refractivity contribution is 7.11. The van der Waals surface area contributed by atoms with Crippen molar-refractivity contribution < 1.29 is 0 Å². The highest BCUT2D eigenvalue weighted by Gasteiger charge is 1.86. The molecule has 0 unspecified atom stereocenters. The van der Waals surface area contributed by atoms with Crippen molar-refractivity contribution in [1.29, 1.82) is 0 Å². The Hall–Kier alpha value is -2.90. The Bertz CT molecular complexity index is 886. The Morgan fingerprint density at radius 1 is 0.370 bits per heavy atom. The van der Waals surface area contributed by atoms with Gasteiger partial charge in [0.1, 0.15) is 0 Å². The lowest BCUT2D eigenvalue weighted by Crippen LogP contribution is -1.67. The second-order valence-corrected chi connectivity index (χ2v) is 7.84. The Balaban J connectivity index is 0.000000119. The fourth-order valence-electron chi connectivity index (χ4n) is 2.82. The molecule has 0 spiro atoms. The molecule has 1 heteroatoms. The van der Waals surface area contributed by atoms with Crippen LogP contribution in [0, 0.1) is 13.8 Å². The summed E-state index contributed by atoms with van der Waals surface area (Å²) in [6, 6.07) is 37.7. The van der Waals surface area contributed by atoms with Gasteiger partial charge in [-0.3, -0.25) is 0 Å². The smallest absolute Gasteiger partial charge is 0.00170 e. The van der Waals surface area contributed by atoms with Crippen LogP contribution in [-0.4, -0.2) is 0 Å². The van der Waals surface area contributed by atoms with Crippen LogP contribution in [0.3, 0.4) is 0 Å². The summed E-state index contributed by atoms with van der Waals surface area (Å²) in [6.45, 7) is 4.25. The molecule has 1 heterocycles. The first-order chi connectivity index (χ1) is 13.2. The van der Waals surface area contributed by atoms with Crippen LogP contribution in [0.1, 0.15) is 9.75 Å². The van der Waals surface area contributed by atoms with Gasteiger partial charge in [-0.25, -0.2) is 0 Å². The first-order valence-electron chi connectivity index (χ1n) is 9.13. The van der Waals surface area contributed by atoms with Gasteiger partial charge in [-0.15, -0.1) is 11.3 Å². The lowest BCUT2D eigenvalue weighted by molar-refractivity contribution is 1.61. The maximum Gasteiger partial charge on any atom is 0.00170 e. The van der Waals surface area contributed by atoms with Crippen LogP contribution in [0.15, 0.2) is 109 Å². The third-order valence-corrected chi connectivity index (χ3v) is 5.11. The Kier molecular flexibility index (Phi) is 6.78. The fourth-order valence-corrected chi connectivity index (χ4v) is 3.60. The van der Waals surface area contributed by atoms with Crippen LogP contribution in [0.5, 0.6) is 0 Å². The van der Waals surface area contributed by atoms with Crippen molar-refractivity contribution in [3.63, 3.8) is 0 Å². The largest absolute Gasteiger partial charge is 0.146 e. The second kappa shape index (κ2) is 9.70. The van der Waals surface area contributed by atoms with Crippen molar-refractivity contribution in [3.05, 3.63) is 119 Å². The molecule has 134 valence electrons. The highest BCUT2D eigenvalue weighted by Crippen LogP contribution is 2.13. The molecule has 27 heavy (non-hydrogen) atoms. The van der Waals surface area contributed by atoms with Crippen LogP contribution >= 0.6 is 11.3 Å². The molecule has 0 nitrogen and oxygen atoms in total. The summed E-state index contributed by atoms with van der Waals surface area (Å²) >= 11 is 1.84. The van der Waals surface area contributed by atoms with Gasteiger partial charge in [0, 0.05) is 9.75 Å². The zero-order valence-corrected chi connectivity index (χ0v) is 16.6. The van der Waals surface area contributed by atoms with Gasteiger partial charge in [0.15, 0.2) is 0 Å². The van der Waals surface area contributed by atoms with Crippen LogP contribution in [0.4, 0.5) is 0 Å². The van der Waals surface area contributed by atoms with Crippen molar-refractivity contribution >= 4 is 32.9 Å². The normalized spacial score (nSPS) is 9.85. The van der Waals surface area contributed by atoms with Crippen LogP contribution < -0.4 is 0 Å². The molecule has 4 aromatic carbocycles. The number of thiophene rings is 1. The van der Waals surface area contributed by atoms with Crippen LogP contribution in [-0.2, 0) is 0 Å². The van der Waals surface area contributed by atoms with Crippen LogP contribution in [0.2, 0.25) is 0 Å². The molecule has 0 amide bonds. The van der Waals surface area contributed by atoms with E-state index in [2.05, 4.69) is 123 Å². The summed E-state index contributed by atoms with van der Waals surface area (Å²) in [6.07, 6.45) is 0. The SMILES string of the molecule is Cc1ccc(C)s1.c1ccc2ccccc2c1.c1ccc2ccccc2c1. The van der Waals surface area contributed by atoms with Crippen molar-refractivity contribution in [3.8, 4) is 0 Å². The second-order valence-electron chi connectivity index (χ2n) is 6.35. The average Bonchev–Trinajstić information content (AvgIpc) is 3.12. The number of hydrogen-bond acceptors (Lipinski definition) is 1. The monoisotopic (exact) mass is 368 g/mol. The summed E-state index contributed by atoms with van der Waals surface area (Å²) in [4.78, 5) is 2.80. The summed E-state index contributed by atoms with van der Waals surface area (Å²) in [7, 11) is 0. The predicted octanol–water partition coefficient (Wildman–Crippen LogP) is 8.04. The number of hydrogen-bond donors (Lipinski definition) is 0. The molecule has 0 saturated heterocycles. The van der Waals surface area contributed by atoms with Crippen LogP contribution in [0.25, 0.3) is 21.5 Å². The van der Waals surface area contributed by atoms with Gasteiger partial charge in [0.25, 0.3) is 0 Å². The zero-order chi connectivity index (χ0) is 18.9. The summed E-state index contributed by atoms with van der Waals surface area (Å²) in [5.74, 6) is 0. The van der Waals surface area contributed by atoms with E-state index in [4.69, 9.17) is 0 Å². The maximum absolute atomic E-state index is 2.14. The van der Waals surface area contributed by atoms with E-state index in [1.54, 1.807) is 0 Å². The standard InChI is InChI=1S/2C10H8.C6H8S/c2*1-2-6-10-8-4-3-7-9(10)5-1;1-5-3-4-6(2)7-5/h2*1-8H;3-4H,1-2H3. The first kappa shape index (κ1) is 18.9. The van der Waals surface area contributed by atoms with E-state index in [9.17, 15) is 0 Å². The quantitative estimate of drug-likeness (QED) is 0.259. The Labute approximate surface area is 165 Å². The summed E-state index contributed by atoms with van der Waals surface area (Å²) in [5.41, 5.74) is 0. The summed E-state index contributed by atoms with van der Waals surface area (Å²) < 4.78 is 0. The van der Waals surface area contributed by atoms with Crippen molar-refractivity contribution in [1.82, 2.24) is 0 Å². The van der Waals surface area contributed by atoms with Gasteiger partial charge in [-0.05, 0) is 47.5 Å². The van der Waals surface area contributed by atoms with Crippen molar-refractivity contribution in [2.24, 2.45) is 0 Å². The van der Waals surface area contributed by atoms with E-state index in [-0.39, 0.29) is 0 Å². The molecule has 0 aliphatic heterocycles. The lowest BCUT2D eigenvalue weighted by atomic mass is 10.1. The third kappa shape index (κ3) is 5.80. The number of benzene rings is 4. The number of aryl methyl sites for hydroxylation is 2. The summed E-state index contributed by atoms with van der Waals surface area (Å²) in [5, 5.41) is 5.24. The van der Waals surface area contributed by atoms with Gasteiger partial charge in [-0.1, -0.05) is 97.1 Å². The van der Waals surface area contributed by atoms with Gasteiger partial charge >= 0.3 is 0 Å². The molecular weight excluding hydrogens is 344 g/mol. The molecule has 5 aromatic rings. The van der Waals surface area contributed by atoms with E-state index < -0.39 is 0 Å². The molecule has 0 saturated carbocycles. The Morgan fingerprint density at radius 2 is 0.593 bits per heavy atom. The van der Waals surface area contributed by atoms with E-state index in [0.717, 1.165) is 0 Å². The van der Waals surface area contributed by atoms with Gasteiger partial charge in [-0.2, -0.15) is 0 Å². The third-order valence-electron chi connectivity index (χ3n) is 4.19. The molecule has 0 aliphatic rings. The molecule has 0 bridgehead atoms. The molecule has 0 radical (unpaired) electrons. The molecule has 0 fully saturated rings. The fraction of sp³-hybridized carbons (Fsp3) is 0.0769. The van der Waals surface area contributed by atoms with E-state index >= 15 is 0 Å². The van der Waals surface area contributed by atoms with E-state index in [1.807, 2.05) is 11.3 Å². The van der Waals surface area contributed by atoms with E-state index in [0.29, 0.717) is 0 Å². The number of rotatable bonds is 0. The minimum atomic E-state index is 1.31. The maximum atomic E-state index is 2.14. The number of fused-ring (bicyclic) bond motifs is 2. The van der Waals surface area contributed by atoms with Gasteiger partial charge in [0.05, 0.1) is 0 Å². The highest BCUT2D eigenvalue weighted by atomic mass is 32.1. The molecule has 0 N–H and O–H groups in total. The predicted molar refractivity (Wildman–Crippen MR) is 122 cm³/mol. The van der Waals surface area contributed by atoms with Gasteiger partial charge < -0.3 is 0 Å². The molecular formula is C26H24S. The Morgan fingerprint density at radius 3 is 0.741 bits per heavy atom. The molecule has 0 atom stereocenters. The van der Waals surface area contributed by atoms with Gasteiger partial charge in [0.2, 0.25) is 0 Å².